The molecule has 1 aliphatic rings. The maximum atomic E-state index is 9.21. The molecule has 0 aliphatic heterocycles. The average molecular weight is 222 g/mol. The lowest BCUT2D eigenvalue weighted by molar-refractivity contribution is 0.199. The van der Waals surface area contributed by atoms with Crippen molar-refractivity contribution in [2.75, 3.05) is 24.2 Å². The van der Waals surface area contributed by atoms with Gasteiger partial charge in [-0.2, -0.15) is 0 Å². The molecule has 1 aromatic rings. The number of aromatic nitrogens is 2. The molecule has 16 heavy (non-hydrogen) atoms. The topological polar surface area (TPSA) is 84.1 Å². The molecule has 1 fully saturated rings. The van der Waals surface area contributed by atoms with Gasteiger partial charge >= 0.3 is 0 Å². The molecule has 0 radical (unpaired) electrons. The summed E-state index contributed by atoms with van der Waals surface area (Å²) in [5, 5.41) is 12.4. The van der Waals surface area contributed by atoms with Gasteiger partial charge in [0.25, 0.3) is 0 Å². The lowest BCUT2D eigenvalue weighted by Gasteiger charge is -2.18. The minimum Gasteiger partial charge on any atom is -0.396 e. The number of aliphatic hydroxyl groups is 1. The molecule has 1 saturated carbocycles. The van der Waals surface area contributed by atoms with E-state index in [1.54, 1.807) is 6.20 Å². The molecule has 2 rings (SSSR count). The first-order valence-electron chi connectivity index (χ1n) is 5.71. The molecule has 1 aliphatic carbocycles. The molecule has 0 bridgehead atoms. The summed E-state index contributed by atoms with van der Waals surface area (Å²) in [6.45, 7) is 1.11. The predicted molar refractivity (Wildman–Crippen MR) is 62.9 cm³/mol. The number of anilines is 2. The van der Waals surface area contributed by atoms with Crippen molar-refractivity contribution in [2.24, 2.45) is 11.8 Å². The van der Waals surface area contributed by atoms with E-state index in [1.807, 2.05) is 0 Å². The predicted octanol–water partition coefficient (Wildman–Crippen LogP) is 0.879. The zero-order valence-electron chi connectivity index (χ0n) is 9.26. The van der Waals surface area contributed by atoms with Crippen LogP contribution in [-0.2, 0) is 0 Å². The van der Waals surface area contributed by atoms with Gasteiger partial charge in [-0.15, -0.1) is 0 Å². The Morgan fingerprint density at radius 2 is 2.25 bits per heavy atom. The van der Waals surface area contributed by atoms with Crippen LogP contribution in [0.4, 0.5) is 11.5 Å². The standard InChI is InChI=1S/C11H18N4O/c12-10-5-13-7-15-11(10)14-4-8-2-1-3-9(8)6-16/h5,7-9,16H,1-4,6,12H2,(H,13,14,15). The van der Waals surface area contributed by atoms with E-state index in [0.29, 0.717) is 23.3 Å². The first kappa shape index (κ1) is 11.1. The number of aliphatic hydroxyl groups excluding tert-OH is 1. The quantitative estimate of drug-likeness (QED) is 0.704. The Hall–Kier alpha value is -1.36. The fourth-order valence-corrected chi connectivity index (χ4v) is 2.34. The van der Waals surface area contributed by atoms with Crippen molar-refractivity contribution in [2.45, 2.75) is 19.3 Å². The van der Waals surface area contributed by atoms with Crippen molar-refractivity contribution in [3.63, 3.8) is 0 Å². The van der Waals surface area contributed by atoms with Crippen molar-refractivity contribution in [3.8, 4) is 0 Å². The van der Waals surface area contributed by atoms with Gasteiger partial charge in [0.05, 0.1) is 11.9 Å². The molecule has 1 aromatic heterocycles. The van der Waals surface area contributed by atoms with Gasteiger partial charge in [-0.3, -0.25) is 0 Å². The highest BCUT2D eigenvalue weighted by atomic mass is 16.3. The molecule has 0 amide bonds. The fraction of sp³-hybridized carbons (Fsp3) is 0.636. The van der Waals surface area contributed by atoms with Crippen LogP contribution in [0.25, 0.3) is 0 Å². The van der Waals surface area contributed by atoms with Gasteiger partial charge in [0.2, 0.25) is 0 Å². The number of nitrogen functional groups attached to an aromatic ring is 1. The van der Waals surface area contributed by atoms with E-state index < -0.39 is 0 Å². The maximum absolute atomic E-state index is 9.21. The summed E-state index contributed by atoms with van der Waals surface area (Å²) in [5.74, 6) is 1.65. The van der Waals surface area contributed by atoms with Crippen molar-refractivity contribution in [1.29, 1.82) is 0 Å². The molecule has 4 N–H and O–H groups in total. The molecule has 0 saturated heterocycles. The van der Waals surface area contributed by atoms with Gasteiger partial charge in [-0.25, -0.2) is 9.97 Å². The molecule has 0 spiro atoms. The molecule has 2 unspecified atom stereocenters. The van der Waals surface area contributed by atoms with Gasteiger partial charge in [-0.1, -0.05) is 6.42 Å². The highest BCUT2D eigenvalue weighted by Crippen LogP contribution is 2.31. The van der Waals surface area contributed by atoms with Crippen LogP contribution in [0, 0.1) is 11.8 Å². The molecular weight excluding hydrogens is 204 g/mol. The van der Waals surface area contributed by atoms with Gasteiger partial charge in [0.1, 0.15) is 6.33 Å². The van der Waals surface area contributed by atoms with Crippen molar-refractivity contribution < 1.29 is 5.11 Å². The lowest BCUT2D eigenvalue weighted by atomic mass is 9.97. The summed E-state index contributed by atoms with van der Waals surface area (Å²) < 4.78 is 0. The molecule has 5 heteroatoms. The third-order valence-electron chi connectivity index (χ3n) is 3.32. The van der Waals surface area contributed by atoms with E-state index in [4.69, 9.17) is 5.73 Å². The van der Waals surface area contributed by atoms with Gasteiger partial charge < -0.3 is 16.2 Å². The molecule has 0 aromatic carbocycles. The monoisotopic (exact) mass is 222 g/mol. The molecule has 1 heterocycles. The number of hydrogen-bond acceptors (Lipinski definition) is 5. The Labute approximate surface area is 95.1 Å². The van der Waals surface area contributed by atoms with Crippen LogP contribution in [0.15, 0.2) is 12.5 Å². The van der Waals surface area contributed by atoms with E-state index in [9.17, 15) is 5.11 Å². The van der Waals surface area contributed by atoms with Crippen molar-refractivity contribution >= 4 is 11.5 Å². The van der Waals surface area contributed by atoms with Crippen LogP contribution in [0.3, 0.4) is 0 Å². The van der Waals surface area contributed by atoms with E-state index in [-0.39, 0.29) is 6.61 Å². The minimum absolute atomic E-state index is 0.283. The van der Waals surface area contributed by atoms with E-state index >= 15 is 0 Å². The Kier molecular flexibility index (Phi) is 3.56. The molecular formula is C11H18N4O. The Bertz CT molecular complexity index is 345. The van der Waals surface area contributed by atoms with E-state index in [1.165, 1.54) is 19.2 Å². The maximum Gasteiger partial charge on any atom is 0.152 e. The van der Waals surface area contributed by atoms with Crippen LogP contribution >= 0.6 is 0 Å². The second kappa shape index (κ2) is 5.12. The van der Waals surface area contributed by atoms with Crippen LogP contribution in [-0.4, -0.2) is 28.2 Å². The second-order valence-corrected chi connectivity index (χ2v) is 4.34. The summed E-state index contributed by atoms with van der Waals surface area (Å²) in [5.41, 5.74) is 6.31. The van der Waals surface area contributed by atoms with Crippen LogP contribution < -0.4 is 11.1 Å². The van der Waals surface area contributed by atoms with Crippen molar-refractivity contribution in [1.82, 2.24) is 9.97 Å². The third-order valence-corrected chi connectivity index (χ3v) is 3.32. The summed E-state index contributed by atoms with van der Waals surface area (Å²) in [4.78, 5) is 7.92. The number of rotatable bonds is 4. The van der Waals surface area contributed by atoms with Crippen LogP contribution in [0.1, 0.15) is 19.3 Å². The summed E-state index contributed by atoms with van der Waals surface area (Å²) in [6.07, 6.45) is 6.58. The van der Waals surface area contributed by atoms with Gasteiger partial charge in [0.15, 0.2) is 5.82 Å². The first-order valence-corrected chi connectivity index (χ1v) is 5.71. The average Bonchev–Trinajstić information content (AvgIpc) is 2.75. The normalized spacial score (nSPS) is 24.6. The van der Waals surface area contributed by atoms with Gasteiger partial charge in [-0.05, 0) is 24.7 Å². The number of nitrogens with two attached hydrogens (primary N) is 1. The molecule has 2 atom stereocenters. The van der Waals surface area contributed by atoms with Crippen LogP contribution in [0.2, 0.25) is 0 Å². The summed E-state index contributed by atoms with van der Waals surface area (Å²) in [6, 6.07) is 0. The van der Waals surface area contributed by atoms with Gasteiger partial charge in [0, 0.05) is 13.2 Å². The fourth-order valence-electron chi connectivity index (χ4n) is 2.34. The zero-order chi connectivity index (χ0) is 11.4. The highest BCUT2D eigenvalue weighted by Gasteiger charge is 2.26. The Morgan fingerprint density at radius 1 is 1.44 bits per heavy atom. The van der Waals surface area contributed by atoms with E-state index in [2.05, 4.69) is 15.3 Å². The number of nitrogens with zero attached hydrogens (tertiary/aromatic N) is 2. The summed E-state index contributed by atoms with van der Waals surface area (Å²) in [7, 11) is 0. The van der Waals surface area contributed by atoms with Crippen LogP contribution in [0.5, 0.6) is 0 Å². The molecule has 88 valence electrons. The van der Waals surface area contributed by atoms with E-state index in [0.717, 1.165) is 13.0 Å². The largest absolute Gasteiger partial charge is 0.396 e. The van der Waals surface area contributed by atoms with Crippen molar-refractivity contribution in [3.05, 3.63) is 12.5 Å². The SMILES string of the molecule is Nc1cncnc1NCC1CCCC1CO. The first-order chi connectivity index (χ1) is 7.81. The lowest BCUT2D eigenvalue weighted by Crippen LogP contribution is -2.21. The number of nitrogens with one attached hydrogen (secondary N) is 1. The zero-order valence-corrected chi connectivity index (χ0v) is 9.26. The smallest absolute Gasteiger partial charge is 0.152 e. The molecule has 5 nitrogen and oxygen atoms in total. The Balaban J connectivity index is 1.90. The highest BCUT2D eigenvalue weighted by molar-refractivity contribution is 5.58. The minimum atomic E-state index is 0.283. The Morgan fingerprint density at radius 3 is 3.00 bits per heavy atom. The number of hydrogen-bond donors (Lipinski definition) is 3. The summed E-state index contributed by atoms with van der Waals surface area (Å²) >= 11 is 0. The third kappa shape index (κ3) is 2.41. The second-order valence-electron chi connectivity index (χ2n) is 4.34.